The van der Waals surface area contributed by atoms with Gasteiger partial charge in [0.15, 0.2) is 0 Å². The number of amides is 4. The van der Waals surface area contributed by atoms with Crippen molar-refractivity contribution in [2.45, 2.75) is 43.4 Å². The fourth-order valence-electron chi connectivity index (χ4n) is 3.44. The number of carbonyl (C=O) groups excluding carboxylic acids is 4. The lowest BCUT2D eigenvalue weighted by Gasteiger charge is -2.25. The lowest BCUT2D eigenvalue weighted by atomic mass is 10.0. The van der Waals surface area contributed by atoms with E-state index < -0.39 is 60.2 Å². The zero-order valence-corrected chi connectivity index (χ0v) is 21.3. The second-order valence-electron chi connectivity index (χ2n) is 8.54. The van der Waals surface area contributed by atoms with E-state index >= 15 is 0 Å². The van der Waals surface area contributed by atoms with Crippen LogP contribution in [0.3, 0.4) is 0 Å². The first-order chi connectivity index (χ1) is 18.0. The van der Waals surface area contributed by atoms with Gasteiger partial charge in [0, 0.05) is 18.6 Å². The van der Waals surface area contributed by atoms with E-state index in [4.69, 9.17) is 11.5 Å². The van der Waals surface area contributed by atoms with Gasteiger partial charge in [-0.2, -0.15) is 12.6 Å². The molecular weight excluding hydrogens is 514 g/mol. The van der Waals surface area contributed by atoms with Crippen LogP contribution < -0.4 is 27.4 Å². The van der Waals surface area contributed by atoms with Crippen LogP contribution in [-0.4, -0.2) is 69.7 Å². The zero-order chi connectivity index (χ0) is 28.2. The van der Waals surface area contributed by atoms with Gasteiger partial charge < -0.3 is 37.6 Å². The van der Waals surface area contributed by atoms with Gasteiger partial charge >= 0.3 is 5.97 Å². The fourth-order valence-corrected chi connectivity index (χ4v) is 3.61. The van der Waals surface area contributed by atoms with Crippen LogP contribution in [0.4, 0.5) is 0 Å². The van der Waals surface area contributed by atoms with Crippen molar-refractivity contribution in [2.24, 2.45) is 11.5 Å². The maximum absolute atomic E-state index is 13.4. The molecule has 0 fully saturated rings. The smallest absolute Gasteiger partial charge is 0.326 e. The van der Waals surface area contributed by atoms with E-state index in [-0.39, 0.29) is 24.3 Å². The fraction of sp³-hybridized carbons (Fsp3) is 0.320. The average molecular weight is 546 g/mol. The number of nitrogens with two attached hydrogens (primary N) is 2. The Hall–Kier alpha value is -4.10. The molecule has 4 amide bonds. The number of hydrogen-bond acceptors (Lipinski definition) is 8. The molecule has 204 valence electrons. The summed E-state index contributed by atoms with van der Waals surface area (Å²) in [5, 5.41) is 26.3. The average Bonchev–Trinajstić information content (AvgIpc) is 2.88. The molecule has 2 rings (SSSR count). The third kappa shape index (κ3) is 9.75. The van der Waals surface area contributed by atoms with Crippen LogP contribution in [0.5, 0.6) is 5.75 Å². The van der Waals surface area contributed by atoms with Crippen LogP contribution in [-0.2, 0) is 36.8 Å². The van der Waals surface area contributed by atoms with Gasteiger partial charge in [-0.25, -0.2) is 4.79 Å². The Morgan fingerprint density at radius 1 is 0.763 bits per heavy atom. The summed E-state index contributed by atoms with van der Waals surface area (Å²) in [6, 6.07) is 9.60. The number of carbonyl (C=O) groups is 5. The molecule has 0 bridgehead atoms. The maximum Gasteiger partial charge on any atom is 0.326 e. The molecule has 0 radical (unpaired) electrons. The number of primary amides is 1. The van der Waals surface area contributed by atoms with E-state index in [1.807, 2.05) is 0 Å². The monoisotopic (exact) mass is 545 g/mol. The van der Waals surface area contributed by atoms with Gasteiger partial charge in [-0.3, -0.25) is 19.2 Å². The summed E-state index contributed by atoms with van der Waals surface area (Å²) in [6.45, 7) is 0. The number of carboxylic acid groups (broad SMARTS) is 1. The standard InChI is InChI=1S/C25H31N5O7S/c26-17(13-38)22(33)28-18(10-14-4-2-1-3-5-14)23(34)29-19(11-15-6-8-16(31)9-7-15)24(35)30-20(25(36)37)12-21(27)32/h1-9,17-20,31,38H,10-13,26H2,(H2,27,32)(H,28,33)(H,29,34)(H,30,35)(H,36,37). The number of rotatable bonds is 14. The molecule has 2 aromatic rings. The highest BCUT2D eigenvalue weighted by Gasteiger charge is 2.31. The molecule has 0 aliphatic carbocycles. The number of phenolic OH excluding ortho intramolecular Hbond substituents is 1. The predicted molar refractivity (Wildman–Crippen MR) is 141 cm³/mol. The third-order valence-corrected chi connectivity index (χ3v) is 5.87. The lowest BCUT2D eigenvalue weighted by Crippen LogP contribution is -2.58. The molecule has 4 unspecified atom stereocenters. The molecule has 9 N–H and O–H groups in total. The van der Waals surface area contributed by atoms with Crippen molar-refractivity contribution in [3.63, 3.8) is 0 Å². The van der Waals surface area contributed by atoms with Gasteiger partial charge in [-0.1, -0.05) is 42.5 Å². The molecule has 0 aliphatic heterocycles. The highest BCUT2D eigenvalue weighted by Crippen LogP contribution is 2.12. The lowest BCUT2D eigenvalue weighted by molar-refractivity contribution is -0.143. The Kier molecular flexibility index (Phi) is 11.6. The molecule has 0 heterocycles. The molecule has 0 aromatic heterocycles. The predicted octanol–water partition coefficient (Wildman–Crippen LogP) is -1.15. The van der Waals surface area contributed by atoms with Crippen LogP contribution in [0.2, 0.25) is 0 Å². The first kappa shape index (κ1) is 30.1. The second kappa shape index (κ2) is 14.6. The van der Waals surface area contributed by atoms with E-state index in [0.717, 1.165) is 5.56 Å². The number of thiol groups is 1. The number of benzene rings is 2. The minimum atomic E-state index is -1.62. The molecule has 0 saturated carbocycles. The maximum atomic E-state index is 13.4. The van der Waals surface area contributed by atoms with Crippen molar-refractivity contribution in [3.05, 3.63) is 65.7 Å². The van der Waals surface area contributed by atoms with E-state index in [9.17, 15) is 34.2 Å². The Labute approximate surface area is 224 Å². The van der Waals surface area contributed by atoms with E-state index in [2.05, 4.69) is 28.6 Å². The van der Waals surface area contributed by atoms with Gasteiger partial charge in [0.1, 0.15) is 23.9 Å². The normalized spacial score (nSPS) is 13.8. The van der Waals surface area contributed by atoms with E-state index in [1.54, 1.807) is 30.3 Å². The van der Waals surface area contributed by atoms with Crippen molar-refractivity contribution in [1.82, 2.24) is 16.0 Å². The number of carboxylic acids is 1. The van der Waals surface area contributed by atoms with Gasteiger partial charge in [-0.15, -0.1) is 0 Å². The Morgan fingerprint density at radius 3 is 1.71 bits per heavy atom. The second-order valence-corrected chi connectivity index (χ2v) is 8.91. The largest absolute Gasteiger partial charge is 0.508 e. The molecule has 2 aromatic carbocycles. The Morgan fingerprint density at radius 2 is 1.24 bits per heavy atom. The van der Waals surface area contributed by atoms with Gasteiger partial charge in [0.25, 0.3) is 0 Å². The van der Waals surface area contributed by atoms with Gasteiger partial charge in [0.2, 0.25) is 23.6 Å². The Balaban J connectivity index is 2.32. The number of nitrogens with one attached hydrogen (secondary N) is 3. The van der Waals surface area contributed by atoms with Crippen molar-refractivity contribution in [2.75, 3.05) is 5.75 Å². The molecule has 0 saturated heterocycles. The minimum Gasteiger partial charge on any atom is -0.508 e. The summed E-state index contributed by atoms with van der Waals surface area (Å²) >= 11 is 4.01. The topological polar surface area (TPSA) is 214 Å². The van der Waals surface area contributed by atoms with Crippen molar-refractivity contribution in [1.29, 1.82) is 0 Å². The van der Waals surface area contributed by atoms with E-state index in [0.29, 0.717) is 5.56 Å². The molecule has 38 heavy (non-hydrogen) atoms. The Bertz CT molecular complexity index is 1130. The first-order valence-corrected chi connectivity index (χ1v) is 12.2. The summed E-state index contributed by atoms with van der Waals surface area (Å²) in [5.41, 5.74) is 12.1. The van der Waals surface area contributed by atoms with Crippen molar-refractivity contribution in [3.8, 4) is 5.75 Å². The minimum absolute atomic E-state index is 0.0163. The van der Waals surface area contributed by atoms with Gasteiger partial charge in [0.05, 0.1) is 12.5 Å². The van der Waals surface area contributed by atoms with Crippen LogP contribution in [0.25, 0.3) is 0 Å². The molecule has 13 heteroatoms. The summed E-state index contributed by atoms with van der Waals surface area (Å²) in [6.07, 6.45) is -0.678. The highest BCUT2D eigenvalue weighted by atomic mass is 32.1. The van der Waals surface area contributed by atoms with Crippen molar-refractivity contribution >= 4 is 42.2 Å². The summed E-state index contributed by atoms with van der Waals surface area (Å²) in [4.78, 5) is 61.7. The summed E-state index contributed by atoms with van der Waals surface area (Å²) in [5.74, 6) is -4.65. The van der Waals surface area contributed by atoms with Crippen LogP contribution in [0.1, 0.15) is 17.5 Å². The SMILES string of the molecule is NC(=O)CC(NC(=O)C(Cc1ccc(O)cc1)NC(=O)C(Cc1ccccc1)NC(=O)C(N)CS)C(=O)O. The van der Waals surface area contributed by atoms with E-state index in [1.165, 1.54) is 24.3 Å². The van der Waals surface area contributed by atoms with Crippen molar-refractivity contribution < 1.29 is 34.2 Å². The van der Waals surface area contributed by atoms with Crippen LogP contribution in [0.15, 0.2) is 54.6 Å². The number of aromatic hydroxyl groups is 1. The quantitative estimate of drug-likeness (QED) is 0.135. The highest BCUT2D eigenvalue weighted by molar-refractivity contribution is 7.80. The number of aliphatic carboxylic acids is 1. The van der Waals surface area contributed by atoms with Crippen LogP contribution in [0, 0.1) is 0 Å². The third-order valence-electron chi connectivity index (χ3n) is 5.48. The number of hydrogen-bond donors (Lipinski definition) is 8. The zero-order valence-electron chi connectivity index (χ0n) is 20.4. The van der Waals surface area contributed by atoms with Gasteiger partial charge in [-0.05, 0) is 23.3 Å². The first-order valence-electron chi connectivity index (χ1n) is 11.6. The number of phenols is 1. The molecule has 12 nitrogen and oxygen atoms in total. The molecule has 4 atom stereocenters. The molecule has 0 spiro atoms. The molecular formula is C25H31N5O7S. The molecule has 0 aliphatic rings. The summed E-state index contributed by atoms with van der Waals surface area (Å²) < 4.78 is 0. The summed E-state index contributed by atoms with van der Waals surface area (Å²) in [7, 11) is 0. The van der Waals surface area contributed by atoms with Crippen LogP contribution >= 0.6 is 12.6 Å².